The summed E-state index contributed by atoms with van der Waals surface area (Å²) < 4.78 is 6.94. The number of benzene rings is 12. The van der Waals surface area contributed by atoms with Crippen LogP contribution in [-0.2, 0) is 0 Å². The summed E-state index contributed by atoms with van der Waals surface area (Å²) in [6.45, 7) is 0. The van der Waals surface area contributed by atoms with Gasteiger partial charge < -0.3 is 9.32 Å². The van der Waals surface area contributed by atoms with E-state index in [9.17, 15) is 0 Å². The minimum atomic E-state index is 0.858. The van der Waals surface area contributed by atoms with Crippen molar-refractivity contribution < 1.29 is 4.42 Å². The molecule has 0 saturated heterocycles. The van der Waals surface area contributed by atoms with Crippen molar-refractivity contribution in [2.45, 2.75) is 0 Å². The molecular formula is C66H43NO. The van der Waals surface area contributed by atoms with Crippen LogP contribution in [0.15, 0.2) is 265 Å². The molecule has 0 saturated carbocycles. The number of fused-ring (bicyclic) bond motifs is 6. The second kappa shape index (κ2) is 16.5. The number of furan rings is 1. The van der Waals surface area contributed by atoms with E-state index in [0.29, 0.717) is 0 Å². The maximum absolute atomic E-state index is 6.94. The number of anilines is 3. The lowest BCUT2D eigenvalue weighted by molar-refractivity contribution is 0.670. The molecule has 2 nitrogen and oxygen atoms in total. The lowest BCUT2D eigenvalue weighted by atomic mass is 9.90. The highest BCUT2D eigenvalue weighted by molar-refractivity contribution is 6.17. The van der Waals surface area contributed by atoms with Crippen LogP contribution in [0.1, 0.15) is 0 Å². The monoisotopic (exact) mass is 865 g/mol. The third-order valence-corrected chi connectivity index (χ3v) is 13.6. The van der Waals surface area contributed by atoms with E-state index >= 15 is 0 Å². The number of hydrogen-bond acceptors (Lipinski definition) is 2. The molecule has 12 aromatic carbocycles. The first kappa shape index (κ1) is 39.4. The first-order chi connectivity index (χ1) is 33.7. The maximum Gasteiger partial charge on any atom is 0.145 e. The van der Waals surface area contributed by atoms with Crippen molar-refractivity contribution in [2.75, 3.05) is 4.90 Å². The molecule has 0 radical (unpaired) electrons. The molecule has 1 heterocycles. The number of para-hydroxylation sites is 1. The Balaban J connectivity index is 0.945. The molecule has 0 atom stereocenters. The average molecular weight is 866 g/mol. The summed E-state index contributed by atoms with van der Waals surface area (Å²) in [4.78, 5) is 2.40. The molecule has 2 heteroatoms. The van der Waals surface area contributed by atoms with Crippen molar-refractivity contribution in [1.82, 2.24) is 0 Å². The molecule has 0 aliphatic rings. The van der Waals surface area contributed by atoms with Crippen LogP contribution in [0.3, 0.4) is 0 Å². The highest BCUT2D eigenvalue weighted by Crippen LogP contribution is 2.47. The van der Waals surface area contributed by atoms with Crippen LogP contribution in [0.25, 0.3) is 110 Å². The molecule has 318 valence electrons. The number of hydrogen-bond donors (Lipinski definition) is 0. The van der Waals surface area contributed by atoms with Crippen molar-refractivity contribution in [1.29, 1.82) is 0 Å². The zero-order chi connectivity index (χ0) is 45.0. The SMILES string of the molecule is c1ccc(-c2ccc(N(c3ccc4cc(-c5ccc6ccccc6c5)ccc4c3)c3ccc(-c4ccc(-c5cccc6cccc(-c7ccccc7)c56)cc4)c4oc5ccccc5c34)cc2)cc1. The quantitative estimate of drug-likeness (QED) is 0.151. The van der Waals surface area contributed by atoms with E-state index in [1.165, 1.54) is 76.8 Å². The fraction of sp³-hybridized carbons (Fsp3) is 0. The fourth-order valence-electron chi connectivity index (χ4n) is 10.3. The second-order valence-corrected chi connectivity index (χ2v) is 17.6. The summed E-state index contributed by atoms with van der Waals surface area (Å²) >= 11 is 0. The summed E-state index contributed by atoms with van der Waals surface area (Å²) in [6.07, 6.45) is 0. The van der Waals surface area contributed by atoms with Crippen molar-refractivity contribution in [3.63, 3.8) is 0 Å². The maximum atomic E-state index is 6.94. The lowest BCUT2D eigenvalue weighted by Gasteiger charge is -2.27. The van der Waals surface area contributed by atoms with Crippen molar-refractivity contribution in [3.8, 4) is 55.6 Å². The van der Waals surface area contributed by atoms with Gasteiger partial charge in [-0.05, 0) is 137 Å². The lowest BCUT2D eigenvalue weighted by Crippen LogP contribution is -2.10. The molecule has 0 spiro atoms. The summed E-state index contributed by atoms with van der Waals surface area (Å²) in [7, 11) is 0. The molecule has 0 aliphatic carbocycles. The van der Waals surface area contributed by atoms with Crippen LogP contribution in [-0.4, -0.2) is 0 Å². The summed E-state index contributed by atoms with van der Waals surface area (Å²) in [5, 5.41) is 9.49. The van der Waals surface area contributed by atoms with Gasteiger partial charge in [-0.25, -0.2) is 0 Å². The predicted molar refractivity (Wildman–Crippen MR) is 288 cm³/mol. The van der Waals surface area contributed by atoms with E-state index in [0.717, 1.165) is 50.1 Å². The van der Waals surface area contributed by atoms with Gasteiger partial charge in [0.2, 0.25) is 0 Å². The Labute approximate surface area is 395 Å². The smallest absolute Gasteiger partial charge is 0.145 e. The predicted octanol–water partition coefficient (Wildman–Crippen LogP) is 18.9. The second-order valence-electron chi connectivity index (χ2n) is 17.6. The Morgan fingerprint density at radius 2 is 0.750 bits per heavy atom. The van der Waals surface area contributed by atoms with Gasteiger partial charge in [0.1, 0.15) is 11.2 Å². The summed E-state index contributed by atoms with van der Waals surface area (Å²) in [6, 6.07) is 94.4. The Morgan fingerprint density at radius 3 is 1.47 bits per heavy atom. The molecular weight excluding hydrogens is 823 g/mol. The molecule has 1 aromatic heterocycles. The standard InChI is InChI=1S/C66H43NO/c1-3-13-44(14-4-1)46-33-36-56(37-34-46)67(57-38-35-54-42-53(31-32-55(54)43-57)52-30-25-45-15-7-8-18-51(45)41-52)62-40-39-60(66-65(62)61-21-9-10-24-63(61)68-66)49-28-26-48(27-29-49)59-23-12-20-50-19-11-22-58(64(50)59)47-16-5-2-6-17-47/h1-43H. The van der Waals surface area contributed by atoms with Gasteiger partial charge in [-0.3, -0.25) is 0 Å². The van der Waals surface area contributed by atoms with Gasteiger partial charge in [-0.1, -0.05) is 206 Å². The molecule has 68 heavy (non-hydrogen) atoms. The van der Waals surface area contributed by atoms with Crippen LogP contribution in [0, 0.1) is 0 Å². The van der Waals surface area contributed by atoms with E-state index in [1.807, 2.05) is 0 Å². The van der Waals surface area contributed by atoms with Gasteiger partial charge in [0, 0.05) is 22.3 Å². The van der Waals surface area contributed by atoms with E-state index in [-0.39, 0.29) is 0 Å². The Kier molecular flexibility index (Phi) is 9.54. The molecule has 13 aromatic rings. The first-order valence-electron chi connectivity index (χ1n) is 23.3. The van der Waals surface area contributed by atoms with Crippen molar-refractivity contribution in [3.05, 3.63) is 261 Å². The number of nitrogens with zero attached hydrogens (tertiary/aromatic N) is 1. The zero-order valence-corrected chi connectivity index (χ0v) is 37.2. The summed E-state index contributed by atoms with van der Waals surface area (Å²) in [5.74, 6) is 0. The van der Waals surface area contributed by atoms with Gasteiger partial charge >= 0.3 is 0 Å². The van der Waals surface area contributed by atoms with Crippen LogP contribution in [0.4, 0.5) is 17.1 Å². The summed E-state index contributed by atoms with van der Waals surface area (Å²) in [5.41, 5.74) is 16.7. The minimum Gasteiger partial charge on any atom is -0.455 e. The Bertz CT molecular complexity index is 3990. The zero-order valence-electron chi connectivity index (χ0n) is 37.2. The van der Waals surface area contributed by atoms with Crippen LogP contribution in [0.5, 0.6) is 0 Å². The number of rotatable bonds is 8. The van der Waals surface area contributed by atoms with Crippen molar-refractivity contribution in [2.24, 2.45) is 0 Å². The van der Waals surface area contributed by atoms with Gasteiger partial charge in [-0.15, -0.1) is 0 Å². The van der Waals surface area contributed by atoms with Crippen LogP contribution >= 0.6 is 0 Å². The minimum absolute atomic E-state index is 0.858. The molecule has 0 aliphatic heterocycles. The molecule has 0 amide bonds. The van der Waals surface area contributed by atoms with Gasteiger partial charge in [0.15, 0.2) is 0 Å². The fourth-order valence-corrected chi connectivity index (χ4v) is 10.3. The van der Waals surface area contributed by atoms with Crippen LogP contribution < -0.4 is 4.90 Å². The third-order valence-electron chi connectivity index (χ3n) is 13.6. The van der Waals surface area contributed by atoms with Crippen LogP contribution in [0.2, 0.25) is 0 Å². The average Bonchev–Trinajstić information content (AvgIpc) is 3.81. The topological polar surface area (TPSA) is 16.4 Å². The molecule has 0 unspecified atom stereocenters. The van der Waals surface area contributed by atoms with E-state index in [4.69, 9.17) is 4.42 Å². The van der Waals surface area contributed by atoms with E-state index < -0.39 is 0 Å². The molecule has 0 bridgehead atoms. The first-order valence-corrected chi connectivity index (χ1v) is 23.3. The molecule has 13 rings (SSSR count). The largest absolute Gasteiger partial charge is 0.455 e. The molecule has 0 N–H and O–H groups in total. The van der Waals surface area contributed by atoms with Gasteiger partial charge in [0.05, 0.1) is 11.1 Å². The van der Waals surface area contributed by atoms with E-state index in [2.05, 4.69) is 266 Å². The van der Waals surface area contributed by atoms with E-state index in [1.54, 1.807) is 0 Å². The van der Waals surface area contributed by atoms with Crippen molar-refractivity contribution >= 4 is 71.3 Å². The Morgan fingerprint density at radius 1 is 0.265 bits per heavy atom. The highest BCUT2D eigenvalue weighted by atomic mass is 16.3. The highest BCUT2D eigenvalue weighted by Gasteiger charge is 2.23. The van der Waals surface area contributed by atoms with Gasteiger partial charge in [-0.2, -0.15) is 0 Å². The third kappa shape index (κ3) is 6.90. The Hall–Kier alpha value is -8.98. The molecule has 0 fully saturated rings. The van der Waals surface area contributed by atoms with Gasteiger partial charge in [0.25, 0.3) is 0 Å². The normalized spacial score (nSPS) is 11.5.